The molecule has 1 N–H and O–H groups in total. The monoisotopic (exact) mass is 610 g/mol. The lowest BCUT2D eigenvalue weighted by Gasteiger charge is -2.21. The zero-order chi connectivity index (χ0) is 31.4. The molecule has 6 nitrogen and oxygen atoms in total. The molecule has 0 radical (unpaired) electrons. The molecule has 6 heteroatoms. The highest BCUT2D eigenvalue weighted by molar-refractivity contribution is 5.69. The zero-order valence-corrected chi connectivity index (χ0v) is 28.8. The van der Waals surface area contributed by atoms with Gasteiger partial charge in [-0.15, -0.1) is 0 Å². The number of hydrogen-bond donors (Lipinski definition) is 1. The molecule has 3 atom stereocenters. The van der Waals surface area contributed by atoms with Crippen LogP contribution in [0.5, 0.6) is 0 Å². The Hall–Kier alpha value is -1.14. The van der Waals surface area contributed by atoms with Gasteiger partial charge in [-0.25, -0.2) is 0 Å². The van der Waals surface area contributed by atoms with E-state index in [-0.39, 0.29) is 24.6 Å². The first-order valence-corrected chi connectivity index (χ1v) is 18.7. The van der Waals surface area contributed by atoms with Gasteiger partial charge in [-0.1, -0.05) is 104 Å². The minimum atomic E-state index is -0.0178. The summed E-state index contributed by atoms with van der Waals surface area (Å²) in [7, 11) is 0. The first-order chi connectivity index (χ1) is 21.0. The number of rotatable bonds is 32. The predicted octanol–water partition coefficient (Wildman–Crippen LogP) is 9.40. The van der Waals surface area contributed by atoms with Crippen LogP contribution in [0.15, 0.2) is 0 Å². The minimum Gasteiger partial charge on any atom is -0.465 e. The third-order valence-corrected chi connectivity index (χ3v) is 9.12. The molecule has 0 bridgehead atoms. The minimum absolute atomic E-state index is 0.000106. The highest BCUT2D eigenvalue weighted by Crippen LogP contribution is 2.42. The summed E-state index contributed by atoms with van der Waals surface area (Å²) in [6.07, 6.45) is 26.5. The molecule has 254 valence electrons. The fraction of sp³-hybridized carbons (Fsp3) is 0.946. The van der Waals surface area contributed by atoms with Crippen molar-refractivity contribution in [2.45, 2.75) is 181 Å². The van der Waals surface area contributed by atoms with Crippen molar-refractivity contribution in [1.29, 1.82) is 0 Å². The Morgan fingerprint density at radius 3 is 1.79 bits per heavy atom. The van der Waals surface area contributed by atoms with E-state index in [2.05, 4.69) is 25.7 Å². The molecule has 1 aliphatic rings. The molecular weight excluding hydrogens is 538 g/mol. The first-order valence-electron chi connectivity index (χ1n) is 18.7. The number of unbranched alkanes of at least 4 members (excludes halogenated alkanes) is 13. The lowest BCUT2D eigenvalue weighted by Crippen LogP contribution is -2.29. The third-order valence-electron chi connectivity index (χ3n) is 9.12. The van der Waals surface area contributed by atoms with Gasteiger partial charge < -0.3 is 19.5 Å². The number of nitrogens with zero attached hydrogens (tertiary/aromatic N) is 1. The van der Waals surface area contributed by atoms with E-state index in [1.165, 1.54) is 70.6 Å². The van der Waals surface area contributed by atoms with E-state index < -0.39 is 0 Å². The Bertz CT molecular complexity index is 657. The number of aliphatic hydroxyl groups excluding tert-OH is 1. The molecule has 0 aliphatic heterocycles. The SMILES string of the molecule is CCCCCCC(CCCCC)OC(=O)CCCCCCCN(CCO)CCCCCCCC(=O)OCC1CC1CCC. The van der Waals surface area contributed by atoms with Gasteiger partial charge in [0.05, 0.1) is 13.2 Å². The number of hydrogen-bond acceptors (Lipinski definition) is 6. The van der Waals surface area contributed by atoms with Gasteiger partial charge >= 0.3 is 11.9 Å². The van der Waals surface area contributed by atoms with Gasteiger partial charge in [0, 0.05) is 19.4 Å². The maximum atomic E-state index is 12.4. The lowest BCUT2D eigenvalue weighted by molar-refractivity contribution is -0.150. The van der Waals surface area contributed by atoms with Crippen molar-refractivity contribution in [3.63, 3.8) is 0 Å². The summed E-state index contributed by atoms with van der Waals surface area (Å²) in [5, 5.41) is 9.47. The summed E-state index contributed by atoms with van der Waals surface area (Å²) in [4.78, 5) is 26.8. The van der Waals surface area contributed by atoms with Crippen LogP contribution in [0.25, 0.3) is 0 Å². The zero-order valence-electron chi connectivity index (χ0n) is 28.8. The Kier molecular flexibility index (Phi) is 26.3. The maximum absolute atomic E-state index is 12.4. The van der Waals surface area contributed by atoms with E-state index in [4.69, 9.17) is 9.47 Å². The van der Waals surface area contributed by atoms with Crippen molar-refractivity contribution >= 4 is 11.9 Å². The molecule has 3 unspecified atom stereocenters. The van der Waals surface area contributed by atoms with E-state index in [1.54, 1.807) is 0 Å². The van der Waals surface area contributed by atoms with Crippen molar-refractivity contribution in [2.75, 3.05) is 32.8 Å². The maximum Gasteiger partial charge on any atom is 0.306 e. The van der Waals surface area contributed by atoms with Crippen LogP contribution in [0.4, 0.5) is 0 Å². The van der Waals surface area contributed by atoms with E-state index in [0.717, 1.165) is 96.2 Å². The Balaban J connectivity index is 2.02. The van der Waals surface area contributed by atoms with Gasteiger partial charge in [-0.2, -0.15) is 0 Å². The van der Waals surface area contributed by atoms with Crippen molar-refractivity contribution in [3.8, 4) is 0 Å². The molecule has 1 saturated carbocycles. The fourth-order valence-electron chi connectivity index (χ4n) is 6.19. The average molecular weight is 610 g/mol. The molecule has 0 aromatic rings. The number of carbonyl (C=O) groups is 2. The van der Waals surface area contributed by atoms with Gasteiger partial charge in [0.1, 0.15) is 6.10 Å². The van der Waals surface area contributed by atoms with E-state index in [1.807, 2.05) is 0 Å². The van der Waals surface area contributed by atoms with Crippen molar-refractivity contribution < 1.29 is 24.2 Å². The lowest BCUT2D eigenvalue weighted by atomic mass is 10.0. The summed E-state index contributed by atoms with van der Waals surface area (Å²) in [6, 6.07) is 0. The van der Waals surface area contributed by atoms with E-state index in [0.29, 0.717) is 25.4 Å². The predicted molar refractivity (Wildman–Crippen MR) is 179 cm³/mol. The van der Waals surface area contributed by atoms with Gasteiger partial charge in [-0.3, -0.25) is 9.59 Å². The third kappa shape index (κ3) is 23.9. The highest BCUT2D eigenvalue weighted by atomic mass is 16.5. The molecule has 1 aliphatic carbocycles. The number of aliphatic hydroxyl groups is 1. The van der Waals surface area contributed by atoms with Crippen LogP contribution in [-0.4, -0.2) is 60.9 Å². The topological polar surface area (TPSA) is 76.1 Å². The van der Waals surface area contributed by atoms with Crippen LogP contribution >= 0.6 is 0 Å². The van der Waals surface area contributed by atoms with Crippen LogP contribution < -0.4 is 0 Å². The highest BCUT2D eigenvalue weighted by Gasteiger charge is 2.36. The molecular formula is C37H71NO5. The molecule has 0 aromatic heterocycles. The molecule has 0 aromatic carbocycles. The second kappa shape index (κ2) is 28.3. The van der Waals surface area contributed by atoms with Crippen LogP contribution in [0, 0.1) is 11.8 Å². The molecule has 0 heterocycles. The largest absolute Gasteiger partial charge is 0.465 e. The molecule has 1 fully saturated rings. The summed E-state index contributed by atoms with van der Waals surface area (Å²) in [5.74, 6) is 1.41. The van der Waals surface area contributed by atoms with Gasteiger partial charge in [0.15, 0.2) is 0 Å². The van der Waals surface area contributed by atoms with Crippen molar-refractivity contribution in [2.24, 2.45) is 11.8 Å². The Labute approximate surface area is 266 Å². The van der Waals surface area contributed by atoms with Crippen molar-refractivity contribution in [1.82, 2.24) is 4.90 Å². The fourth-order valence-corrected chi connectivity index (χ4v) is 6.19. The smallest absolute Gasteiger partial charge is 0.306 e. The average Bonchev–Trinajstić information content (AvgIpc) is 3.75. The second-order valence-corrected chi connectivity index (χ2v) is 13.3. The normalized spacial score (nSPS) is 16.9. The standard InChI is InChI=1S/C37H71NO5/c1-4-7-9-17-24-35(23-16-8-5-2)43-37(41)26-19-13-11-15-21-28-38(29-30-39)27-20-14-10-12-18-25-36(40)42-32-34-31-33(34)22-6-3/h33-35,39H,4-32H2,1-3H3. The summed E-state index contributed by atoms with van der Waals surface area (Å²) in [5.41, 5.74) is 0. The van der Waals surface area contributed by atoms with Crippen LogP contribution in [-0.2, 0) is 19.1 Å². The van der Waals surface area contributed by atoms with Crippen molar-refractivity contribution in [3.05, 3.63) is 0 Å². The first kappa shape index (κ1) is 39.9. The molecule has 0 spiro atoms. The van der Waals surface area contributed by atoms with E-state index >= 15 is 0 Å². The number of carbonyl (C=O) groups excluding carboxylic acids is 2. The Morgan fingerprint density at radius 1 is 0.651 bits per heavy atom. The summed E-state index contributed by atoms with van der Waals surface area (Å²) >= 11 is 0. The molecule has 43 heavy (non-hydrogen) atoms. The van der Waals surface area contributed by atoms with Gasteiger partial charge in [-0.05, 0) is 82.7 Å². The summed E-state index contributed by atoms with van der Waals surface area (Å²) < 4.78 is 11.3. The molecule has 0 saturated heterocycles. The van der Waals surface area contributed by atoms with Crippen LogP contribution in [0.3, 0.4) is 0 Å². The van der Waals surface area contributed by atoms with Crippen LogP contribution in [0.1, 0.15) is 175 Å². The van der Waals surface area contributed by atoms with Gasteiger partial charge in [0.25, 0.3) is 0 Å². The summed E-state index contributed by atoms with van der Waals surface area (Å²) in [6.45, 7) is 10.3. The second-order valence-electron chi connectivity index (χ2n) is 13.3. The van der Waals surface area contributed by atoms with Gasteiger partial charge in [0.2, 0.25) is 0 Å². The van der Waals surface area contributed by atoms with E-state index in [9.17, 15) is 14.7 Å². The van der Waals surface area contributed by atoms with Crippen LogP contribution in [0.2, 0.25) is 0 Å². The molecule has 1 rings (SSSR count). The number of ether oxygens (including phenoxy) is 2. The molecule has 0 amide bonds. The Morgan fingerprint density at radius 2 is 1.19 bits per heavy atom. The number of esters is 2. The quantitative estimate of drug-likeness (QED) is 0.0605.